The molecule has 0 radical (unpaired) electrons. The second kappa shape index (κ2) is 6.35. The van der Waals surface area contributed by atoms with Crippen molar-refractivity contribution in [2.75, 3.05) is 0 Å². The summed E-state index contributed by atoms with van der Waals surface area (Å²) >= 11 is 0. The van der Waals surface area contributed by atoms with E-state index >= 15 is 0 Å². The van der Waals surface area contributed by atoms with E-state index in [1.54, 1.807) is 0 Å². The van der Waals surface area contributed by atoms with Gasteiger partial charge in [0.05, 0.1) is 6.07 Å². The van der Waals surface area contributed by atoms with E-state index in [4.69, 9.17) is 5.26 Å². The van der Waals surface area contributed by atoms with Gasteiger partial charge in [0, 0.05) is 5.41 Å². The SMILES string of the molecule is CC(C)(C)C(=O)C(C#N)CCCc1ccccc1. The lowest BCUT2D eigenvalue weighted by molar-refractivity contribution is -0.128. The third-order valence-electron chi connectivity index (χ3n) is 3.01. The molecule has 1 atom stereocenters. The van der Waals surface area contributed by atoms with Crippen LogP contribution in [0.15, 0.2) is 30.3 Å². The Balaban J connectivity index is 2.47. The van der Waals surface area contributed by atoms with Crippen LogP contribution >= 0.6 is 0 Å². The van der Waals surface area contributed by atoms with Crippen molar-refractivity contribution in [3.63, 3.8) is 0 Å². The molecule has 0 saturated heterocycles. The molecule has 0 N–H and O–H groups in total. The Morgan fingerprint density at radius 2 is 1.89 bits per heavy atom. The molecule has 96 valence electrons. The predicted octanol–water partition coefficient (Wildman–Crippen LogP) is 3.76. The van der Waals surface area contributed by atoms with Crippen molar-refractivity contribution in [1.29, 1.82) is 5.26 Å². The molecule has 0 aromatic heterocycles. The number of carbonyl (C=O) groups excluding carboxylic acids is 1. The smallest absolute Gasteiger partial charge is 0.155 e. The van der Waals surface area contributed by atoms with E-state index in [-0.39, 0.29) is 5.78 Å². The zero-order valence-electron chi connectivity index (χ0n) is 11.4. The highest BCUT2D eigenvalue weighted by Gasteiger charge is 2.28. The van der Waals surface area contributed by atoms with E-state index in [9.17, 15) is 4.79 Å². The molecule has 0 heterocycles. The van der Waals surface area contributed by atoms with Gasteiger partial charge in [-0.1, -0.05) is 51.1 Å². The summed E-state index contributed by atoms with van der Waals surface area (Å²) in [5.74, 6) is -0.410. The number of ketones is 1. The average molecular weight is 243 g/mol. The minimum Gasteiger partial charge on any atom is -0.298 e. The van der Waals surface area contributed by atoms with Crippen LogP contribution in [0.3, 0.4) is 0 Å². The Bertz CT molecular complexity index is 423. The van der Waals surface area contributed by atoms with Crippen molar-refractivity contribution in [2.45, 2.75) is 40.0 Å². The fraction of sp³-hybridized carbons (Fsp3) is 0.500. The average Bonchev–Trinajstić information content (AvgIpc) is 2.34. The van der Waals surface area contributed by atoms with Crippen molar-refractivity contribution >= 4 is 5.78 Å². The van der Waals surface area contributed by atoms with E-state index in [0.717, 1.165) is 12.8 Å². The number of Topliss-reactive ketones (excluding diaryl/α,β-unsaturated/α-hetero) is 1. The van der Waals surface area contributed by atoms with Gasteiger partial charge in [0.25, 0.3) is 0 Å². The van der Waals surface area contributed by atoms with Gasteiger partial charge in [0.2, 0.25) is 0 Å². The van der Waals surface area contributed by atoms with E-state index in [1.807, 2.05) is 39.0 Å². The van der Waals surface area contributed by atoms with Crippen LogP contribution in [0.2, 0.25) is 0 Å². The van der Waals surface area contributed by atoms with Crippen LogP contribution in [0.1, 0.15) is 39.2 Å². The van der Waals surface area contributed by atoms with Crippen molar-refractivity contribution < 1.29 is 4.79 Å². The third kappa shape index (κ3) is 4.33. The highest BCUT2D eigenvalue weighted by molar-refractivity contribution is 5.87. The minimum atomic E-state index is -0.464. The number of benzene rings is 1. The number of nitriles is 1. The van der Waals surface area contributed by atoms with Crippen LogP contribution in [0, 0.1) is 22.7 Å². The quantitative estimate of drug-likeness (QED) is 0.790. The van der Waals surface area contributed by atoms with Crippen molar-refractivity contribution in [2.24, 2.45) is 11.3 Å². The summed E-state index contributed by atoms with van der Waals surface area (Å²) in [7, 11) is 0. The maximum atomic E-state index is 12.0. The summed E-state index contributed by atoms with van der Waals surface area (Å²) < 4.78 is 0. The summed E-state index contributed by atoms with van der Waals surface area (Å²) in [5, 5.41) is 9.09. The van der Waals surface area contributed by atoms with Crippen LogP contribution in [0.5, 0.6) is 0 Å². The minimum absolute atomic E-state index is 0.0538. The number of hydrogen-bond donors (Lipinski definition) is 0. The topological polar surface area (TPSA) is 40.9 Å². The highest BCUT2D eigenvalue weighted by Crippen LogP contribution is 2.23. The molecule has 0 spiro atoms. The Morgan fingerprint density at radius 1 is 1.28 bits per heavy atom. The zero-order chi connectivity index (χ0) is 13.6. The molecular weight excluding hydrogens is 222 g/mol. The van der Waals surface area contributed by atoms with Crippen molar-refractivity contribution in [3.8, 4) is 6.07 Å². The van der Waals surface area contributed by atoms with Crippen LogP contribution in [0.4, 0.5) is 0 Å². The van der Waals surface area contributed by atoms with Gasteiger partial charge in [0.1, 0.15) is 5.92 Å². The van der Waals surface area contributed by atoms with Gasteiger partial charge in [-0.2, -0.15) is 5.26 Å². The molecule has 0 aliphatic carbocycles. The van der Waals surface area contributed by atoms with Crippen LogP contribution < -0.4 is 0 Å². The summed E-state index contributed by atoms with van der Waals surface area (Å²) in [4.78, 5) is 12.0. The molecule has 1 unspecified atom stereocenters. The molecule has 1 rings (SSSR count). The zero-order valence-corrected chi connectivity index (χ0v) is 11.4. The van der Waals surface area contributed by atoms with E-state index in [0.29, 0.717) is 6.42 Å². The lowest BCUT2D eigenvalue weighted by Gasteiger charge is -2.20. The molecule has 1 aromatic carbocycles. The Morgan fingerprint density at radius 3 is 2.39 bits per heavy atom. The summed E-state index contributed by atoms with van der Waals surface area (Å²) in [6.45, 7) is 5.62. The fourth-order valence-corrected chi connectivity index (χ4v) is 1.93. The van der Waals surface area contributed by atoms with Gasteiger partial charge in [0.15, 0.2) is 5.78 Å². The molecule has 0 saturated carbocycles. The molecule has 0 bridgehead atoms. The van der Waals surface area contributed by atoms with Gasteiger partial charge < -0.3 is 0 Å². The third-order valence-corrected chi connectivity index (χ3v) is 3.01. The first kappa shape index (κ1) is 14.4. The first-order valence-corrected chi connectivity index (χ1v) is 6.43. The molecule has 2 nitrogen and oxygen atoms in total. The Labute approximate surface area is 110 Å². The molecule has 0 aliphatic heterocycles. The summed E-state index contributed by atoms with van der Waals surface area (Å²) in [5.41, 5.74) is 0.838. The molecule has 0 aliphatic rings. The predicted molar refractivity (Wildman–Crippen MR) is 72.9 cm³/mol. The second-order valence-electron chi connectivity index (χ2n) is 5.67. The maximum absolute atomic E-state index is 12.0. The molecule has 1 aromatic rings. The lowest BCUT2D eigenvalue weighted by Crippen LogP contribution is -2.27. The lowest BCUT2D eigenvalue weighted by atomic mass is 9.81. The number of aryl methyl sites for hydroxylation is 1. The van der Waals surface area contributed by atoms with E-state index in [1.165, 1.54) is 5.56 Å². The second-order valence-corrected chi connectivity index (χ2v) is 5.67. The summed E-state index contributed by atoms with van der Waals surface area (Å²) in [6.07, 6.45) is 2.46. The van der Waals surface area contributed by atoms with Gasteiger partial charge in [-0.05, 0) is 24.8 Å². The standard InChI is InChI=1S/C16H21NO/c1-16(2,3)15(18)14(12-17)11-7-10-13-8-5-4-6-9-13/h4-6,8-9,14H,7,10-11H2,1-3H3. The molecule has 18 heavy (non-hydrogen) atoms. The van der Waals surface area contributed by atoms with Gasteiger partial charge in [-0.15, -0.1) is 0 Å². The van der Waals surface area contributed by atoms with Crippen molar-refractivity contribution in [3.05, 3.63) is 35.9 Å². The van der Waals surface area contributed by atoms with Gasteiger partial charge in [-0.25, -0.2) is 0 Å². The maximum Gasteiger partial charge on any atom is 0.155 e. The van der Waals surface area contributed by atoms with Crippen LogP contribution in [0.25, 0.3) is 0 Å². The normalized spacial score (nSPS) is 12.8. The Hall–Kier alpha value is -1.62. The van der Waals surface area contributed by atoms with E-state index in [2.05, 4.69) is 18.2 Å². The van der Waals surface area contributed by atoms with Gasteiger partial charge in [-0.3, -0.25) is 4.79 Å². The molecular formula is C16H21NO. The highest BCUT2D eigenvalue weighted by atomic mass is 16.1. The number of hydrogen-bond acceptors (Lipinski definition) is 2. The largest absolute Gasteiger partial charge is 0.298 e. The number of carbonyl (C=O) groups is 1. The first-order chi connectivity index (χ1) is 8.45. The molecule has 2 heteroatoms. The van der Waals surface area contributed by atoms with Crippen LogP contribution in [-0.2, 0) is 11.2 Å². The van der Waals surface area contributed by atoms with E-state index < -0.39 is 11.3 Å². The van der Waals surface area contributed by atoms with Crippen molar-refractivity contribution in [1.82, 2.24) is 0 Å². The van der Waals surface area contributed by atoms with Gasteiger partial charge >= 0.3 is 0 Å². The monoisotopic (exact) mass is 243 g/mol. The molecule has 0 amide bonds. The fourth-order valence-electron chi connectivity index (χ4n) is 1.93. The summed E-state index contributed by atoms with van der Waals surface area (Å²) in [6, 6.07) is 12.3. The molecule has 0 fully saturated rings. The number of rotatable bonds is 5. The van der Waals surface area contributed by atoms with Crippen LogP contribution in [-0.4, -0.2) is 5.78 Å². The number of nitrogens with zero attached hydrogens (tertiary/aromatic N) is 1. The first-order valence-electron chi connectivity index (χ1n) is 6.43. The Kier molecular flexibility index (Phi) is 5.09.